The number of hydrogen-bond acceptors (Lipinski definition) is 4. The molecule has 5 heteroatoms. The van der Waals surface area contributed by atoms with Crippen LogP contribution in [0.2, 0.25) is 0 Å². The van der Waals surface area contributed by atoms with Crippen LogP contribution in [-0.2, 0) is 11.3 Å². The highest BCUT2D eigenvalue weighted by Gasteiger charge is 2.38. The van der Waals surface area contributed by atoms with Crippen LogP contribution in [0.4, 0.5) is 0 Å². The van der Waals surface area contributed by atoms with Crippen LogP contribution in [0, 0.1) is 0 Å². The van der Waals surface area contributed by atoms with Crippen LogP contribution in [0.25, 0.3) is 0 Å². The van der Waals surface area contributed by atoms with Crippen LogP contribution in [0.3, 0.4) is 0 Å². The number of hydrogen-bond donors (Lipinski definition) is 2. The van der Waals surface area contributed by atoms with Gasteiger partial charge < -0.3 is 10.4 Å². The Labute approximate surface area is 132 Å². The van der Waals surface area contributed by atoms with Crippen molar-refractivity contribution >= 4 is 5.91 Å². The summed E-state index contributed by atoms with van der Waals surface area (Å²) >= 11 is 0. The maximum Gasteiger partial charge on any atom is 0.240 e. The molecule has 0 spiro atoms. The summed E-state index contributed by atoms with van der Waals surface area (Å²) in [4.78, 5) is 16.1. The minimum Gasteiger partial charge on any atom is -0.390 e. The first-order chi connectivity index (χ1) is 10.4. The molecule has 0 saturated carbocycles. The van der Waals surface area contributed by atoms with E-state index in [1.165, 1.54) is 5.56 Å². The lowest BCUT2D eigenvalue weighted by molar-refractivity contribution is -0.136. The molecule has 1 aliphatic heterocycles. The van der Waals surface area contributed by atoms with E-state index in [-0.39, 0.29) is 5.91 Å². The van der Waals surface area contributed by atoms with Gasteiger partial charge in [-0.05, 0) is 26.5 Å². The molecule has 0 aliphatic carbocycles. The molecule has 0 radical (unpaired) electrons. The van der Waals surface area contributed by atoms with Crippen molar-refractivity contribution < 1.29 is 9.90 Å². The lowest BCUT2D eigenvalue weighted by Gasteiger charge is -2.42. The van der Waals surface area contributed by atoms with E-state index in [0.29, 0.717) is 19.6 Å². The molecule has 1 aromatic rings. The van der Waals surface area contributed by atoms with Crippen LogP contribution in [0.1, 0.15) is 19.4 Å². The van der Waals surface area contributed by atoms with Gasteiger partial charge in [0.25, 0.3) is 0 Å². The van der Waals surface area contributed by atoms with Gasteiger partial charge >= 0.3 is 0 Å². The molecule has 2 rings (SSSR count). The Bertz CT molecular complexity index is 490. The zero-order valence-corrected chi connectivity index (χ0v) is 13.7. The van der Waals surface area contributed by atoms with E-state index in [2.05, 4.69) is 27.2 Å². The molecule has 22 heavy (non-hydrogen) atoms. The summed E-state index contributed by atoms with van der Waals surface area (Å²) < 4.78 is 0. The smallest absolute Gasteiger partial charge is 0.240 e. The van der Waals surface area contributed by atoms with E-state index in [0.717, 1.165) is 13.1 Å². The fourth-order valence-electron chi connectivity index (χ4n) is 2.89. The summed E-state index contributed by atoms with van der Waals surface area (Å²) in [5.41, 5.74) is 0.673. The standard InChI is InChI=1S/C17H27N3O2/c1-17(2)16(22)18-9-10-20(17)13-15(21)12-19(3)11-14-7-5-4-6-8-14/h4-8,15,21H,9-13H2,1-3H3,(H,18,22). The van der Waals surface area contributed by atoms with Gasteiger partial charge in [0.2, 0.25) is 5.91 Å². The first kappa shape index (κ1) is 16.9. The number of piperazine rings is 1. The highest BCUT2D eigenvalue weighted by atomic mass is 16.3. The second kappa shape index (κ2) is 7.22. The number of β-amino-alcohol motifs (C(OH)–C–C–N with tert-alkyl or cyclic N) is 1. The number of carbonyl (C=O) groups excluding carboxylic acids is 1. The summed E-state index contributed by atoms with van der Waals surface area (Å²) in [6.07, 6.45) is -0.473. The number of nitrogens with one attached hydrogen (secondary N) is 1. The average molecular weight is 305 g/mol. The van der Waals surface area contributed by atoms with E-state index in [1.54, 1.807) is 0 Å². The molecular weight excluding hydrogens is 278 g/mol. The minimum atomic E-state index is -0.558. The number of likely N-dealkylation sites (N-methyl/N-ethyl adjacent to an activating group) is 1. The number of amides is 1. The molecule has 0 bridgehead atoms. The average Bonchev–Trinajstić information content (AvgIpc) is 2.45. The molecule has 1 fully saturated rings. The molecule has 1 amide bonds. The largest absolute Gasteiger partial charge is 0.390 e. The van der Waals surface area contributed by atoms with E-state index < -0.39 is 11.6 Å². The van der Waals surface area contributed by atoms with Crippen LogP contribution < -0.4 is 5.32 Å². The Morgan fingerprint density at radius 1 is 1.36 bits per heavy atom. The summed E-state index contributed by atoms with van der Waals surface area (Å²) in [7, 11) is 2.00. The molecule has 122 valence electrons. The predicted molar refractivity (Wildman–Crippen MR) is 87.4 cm³/mol. The van der Waals surface area contributed by atoms with Crippen molar-refractivity contribution in [2.45, 2.75) is 32.0 Å². The Morgan fingerprint density at radius 3 is 2.73 bits per heavy atom. The second-order valence-corrected chi connectivity index (χ2v) is 6.60. The number of aliphatic hydroxyl groups is 1. The second-order valence-electron chi connectivity index (χ2n) is 6.60. The summed E-state index contributed by atoms with van der Waals surface area (Å²) in [6.45, 7) is 7.14. The first-order valence-corrected chi connectivity index (χ1v) is 7.83. The third-order valence-corrected chi connectivity index (χ3v) is 4.26. The van der Waals surface area contributed by atoms with Gasteiger partial charge in [0.15, 0.2) is 0 Å². The van der Waals surface area contributed by atoms with Crippen molar-refractivity contribution in [2.24, 2.45) is 0 Å². The molecule has 1 aliphatic rings. The Morgan fingerprint density at radius 2 is 2.05 bits per heavy atom. The highest BCUT2D eigenvalue weighted by Crippen LogP contribution is 2.18. The maximum atomic E-state index is 11.9. The van der Waals surface area contributed by atoms with Gasteiger partial charge in [-0.3, -0.25) is 14.6 Å². The molecule has 1 heterocycles. The van der Waals surface area contributed by atoms with Crippen LogP contribution in [0.15, 0.2) is 30.3 Å². The first-order valence-electron chi connectivity index (χ1n) is 7.83. The quantitative estimate of drug-likeness (QED) is 0.812. The predicted octanol–water partition coefficient (Wildman–Crippen LogP) is 0.690. The third kappa shape index (κ3) is 4.29. The van der Waals surface area contributed by atoms with Gasteiger partial charge in [-0.1, -0.05) is 30.3 Å². The normalized spacial score (nSPS) is 20.0. The van der Waals surface area contributed by atoms with E-state index in [4.69, 9.17) is 0 Å². The molecule has 1 atom stereocenters. The van der Waals surface area contributed by atoms with Crippen molar-refractivity contribution in [2.75, 3.05) is 33.2 Å². The van der Waals surface area contributed by atoms with Gasteiger partial charge in [-0.15, -0.1) is 0 Å². The number of aliphatic hydroxyl groups excluding tert-OH is 1. The number of nitrogens with zero attached hydrogens (tertiary/aromatic N) is 2. The molecular formula is C17H27N3O2. The topological polar surface area (TPSA) is 55.8 Å². The van der Waals surface area contributed by atoms with Gasteiger partial charge in [0.1, 0.15) is 0 Å². The minimum absolute atomic E-state index is 0.0311. The fraction of sp³-hybridized carbons (Fsp3) is 0.588. The molecule has 0 aromatic heterocycles. The number of rotatable bonds is 6. The van der Waals surface area contributed by atoms with E-state index >= 15 is 0 Å². The maximum absolute atomic E-state index is 11.9. The van der Waals surface area contributed by atoms with Crippen LogP contribution in [0.5, 0.6) is 0 Å². The third-order valence-electron chi connectivity index (χ3n) is 4.26. The molecule has 5 nitrogen and oxygen atoms in total. The van der Waals surface area contributed by atoms with Crippen molar-refractivity contribution in [3.05, 3.63) is 35.9 Å². The summed E-state index contributed by atoms with van der Waals surface area (Å²) in [6, 6.07) is 10.2. The van der Waals surface area contributed by atoms with E-state index in [1.807, 2.05) is 39.1 Å². The summed E-state index contributed by atoms with van der Waals surface area (Å²) in [5, 5.41) is 13.2. The van der Waals surface area contributed by atoms with Gasteiger partial charge in [-0.2, -0.15) is 0 Å². The van der Waals surface area contributed by atoms with Crippen LogP contribution in [-0.4, -0.2) is 65.7 Å². The Balaban J connectivity index is 1.84. The van der Waals surface area contributed by atoms with Crippen molar-refractivity contribution in [3.63, 3.8) is 0 Å². The molecule has 1 saturated heterocycles. The van der Waals surface area contributed by atoms with Gasteiger partial charge in [-0.25, -0.2) is 0 Å². The zero-order valence-electron chi connectivity index (χ0n) is 13.7. The van der Waals surface area contributed by atoms with E-state index in [9.17, 15) is 9.90 Å². The van der Waals surface area contributed by atoms with Gasteiger partial charge in [0, 0.05) is 32.7 Å². The SMILES string of the molecule is CN(Cc1ccccc1)CC(O)CN1CCNC(=O)C1(C)C. The molecule has 1 unspecified atom stereocenters. The lowest BCUT2D eigenvalue weighted by Crippen LogP contribution is -2.63. The Kier molecular flexibility index (Phi) is 5.56. The number of benzene rings is 1. The van der Waals surface area contributed by atoms with Crippen molar-refractivity contribution in [1.29, 1.82) is 0 Å². The van der Waals surface area contributed by atoms with Crippen LogP contribution >= 0.6 is 0 Å². The zero-order chi connectivity index (χ0) is 16.2. The number of carbonyl (C=O) groups is 1. The lowest BCUT2D eigenvalue weighted by atomic mass is 9.98. The fourth-order valence-corrected chi connectivity index (χ4v) is 2.89. The summed E-state index contributed by atoms with van der Waals surface area (Å²) in [5.74, 6) is 0.0311. The van der Waals surface area contributed by atoms with Crippen molar-refractivity contribution in [3.8, 4) is 0 Å². The highest BCUT2D eigenvalue weighted by molar-refractivity contribution is 5.86. The van der Waals surface area contributed by atoms with Crippen molar-refractivity contribution in [1.82, 2.24) is 15.1 Å². The molecule has 2 N–H and O–H groups in total. The molecule has 1 aromatic carbocycles. The Hall–Kier alpha value is -1.43. The van der Waals surface area contributed by atoms with Gasteiger partial charge in [0.05, 0.1) is 11.6 Å². The monoisotopic (exact) mass is 305 g/mol.